The molecule has 0 aliphatic heterocycles. The molecule has 5 nitrogen and oxygen atoms in total. The summed E-state index contributed by atoms with van der Waals surface area (Å²) in [5, 5.41) is 2.39. The molecule has 2 rings (SSSR count). The second kappa shape index (κ2) is 5.59. The SMILES string of the molecule is CNS(=O)(=O)c1ccc(CNc2cc(F)ccc2F)o1. The Morgan fingerprint density at radius 3 is 2.65 bits per heavy atom. The van der Waals surface area contributed by atoms with Crippen LogP contribution in [0, 0.1) is 11.6 Å². The van der Waals surface area contributed by atoms with Gasteiger partial charge in [0.05, 0.1) is 12.2 Å². The van der Waals surface area contributed by atoms with Gasteiger partial charge in [0, 0.05) is 0 Å². The van der Waals surface area contributed by atoms with E-state index in [-0.39, 0.29) is 23.1 Å². The lowest BCUT2D eigenvalue weighted by molar-refractivity contribution is 0.417. The van der Waals surface area contributed by atoms with Gasteiger partial charge in [-0.2, -0.15) is 0 Å². The monoisotopic (exact) mass is 302 g/mol. The molecule has 0 saturated heterocycles. The van der Waals surface area contributed by atoms with E-state index in [2.05, 4.69) is 10.0 Å². The fraction of sp³-hybridized carbons (Fsp3) is 0.167. The molecule has 8 heteroatoms. The summed E-state index contributed by atoms with van der Waals surface area (Å²) in [7, 11) is -2.39. The minimum absolute atomic E-state index is 0.0274. The highest BCUT2D eigenvalue weighted by Gasteiger charge is 2.16. The van der Waals surface area contributed by atoms with E-state index < -0.39 is 21.7 Å². The summed E-state index contributed by atoms with van der Waals surface area (Å²) in [5.41, 5.74) is -0.0283. The smallest absolute Gasteiger partial charge is 0.273 e. The second-order valence-corrected chi connectivity index (χ2v) is 5.72. The summed E-state index contributed by atoms with van der Waals surface area (Å²) in [6.07, 6.45) is 0. The van der Waals surface area contributed by atoms with E-state index in [4.69, 9.17) is 4.42 Å². The third kappa shape index (κ3) is 3.14. The first-order chi connectivity index (χ1) is 9.42. The molecule has 108 valence electrons. The van der Waals surface area contributed by atoms with Crippen molar-refractivity contribution in [3.8, 4) is 0 Å². The van der Waals surface area contributed by atoms with E-state index in [1.54, 1.807) is 0 Å². The van der Waals surface area contributed by atoms with Gasteiger partial charge in [0.1, 0.15) is 17.4 Å². The van der Waals surface area contributed by atoms with Gasteiger partial charge in [-0.1, -0.05) is 0 Å². The fourth-order valence-electron chi connectivity index (χ4n) is 1.51. The number of benzene rings is 1. The Kier molecular flexibility index (Phi) is 4.05. The molecule has 0 atom stereocenters. The predicted molar refractivity (Wildman–Crippen MR) is 68.6 cm³/mol. The molecule has 0 saturated carbocycles. The van der Waals surface area contributed by atoms with E-state index in [9.17, 15) is 17.2 Å². The number of hydrogen-bond donors (Lipinski definition) is 2. The van der Waals surface area contributed by atoms with Crippen molar-refractivity contribution < 1.29 is 21.6 Å². The number of hydrogen-bond acceptors (Lipinski definition) is 4. The number of rotatable bonds is 5. The van der Waals surface area contributed by atoms with Crippen molar-refractivity contribution >= 4 is 15.7 Å². The quantitative estimate of drug-likeness (QED) is 0.887. The Morgan fingerprint density at radius 2 is 1.95 bits per heavy atom. The molecule has 0 aliphatic carbocycles. The van der Waals surface area contributed by atoms with E-state index in [0.717, 1.165) is 18.2 Å². The molecular formula is C12H12F2N2O3S. The van der Waals surface area contributed by atoms with Gasteiger partial charge in [-0.3, -0.25) is 0 Å². The summed E-state index contributed by atoms with van der Waals surface area (Å²) in [5.74, 6) is -0.907. The van der Waals surface area contributed by atoms with Gasteiger partial charge >= 0.3 is 0 Å². The zero-order valence-electron chi connectivity index (χ0n) is 10.5. The van der Waals surface area contributed by atoms with Crippen LogP contribution >= 0.6 is 0 Å². The average Bonchev–Trinajstić information content (AvgIpc) is 2.89. The molecule has 1 aromatic heterocycles. The predicted octanol–water partition coefficient (Wildman–Crippen LogP) is 2.08. The summed E-state index contributed by atoms with van der Waals surface area (Å²) in [6, 6.07) is 5.73. The van der Waals surface area contributed by atoms with Crippen LogP contribution in [0.25, 0.3) is 0 Å². The maximum Gasteiger partial charge on any atom is 0.273 e. The molecule has 0 amide bonds. The van der Waals surface area contributed by atoms with Crippen LogP contribution in [-0.2, 0) is 16.6 Å². The van der Waals surface area contributed by atoms with Gasteiger partial charge in [-0.05, 0) is 37.4 Å². The molecule has 20 heavy (non-hydrogen) atoms. The van der Waals surface area contributed by atoms with Crippen LogP contribution in [0.4, 0.5) is 14.5 Å². The highest BCUT2D eigenvalue weighted by atomic mass is 32.2. The number of anilines is 1. The first-order valence-corrected chi connectivity index (χ1v) is 7.12. The Labute approximate surface area is 114 Å². The van der Waals surface area contributed by atoms with Gasteiger partial charge < -0.3 is 9.73 Å². The minimum Gasteiger partial charge on any atom is -0.446 e. The molecule has 2 N–H and O–H groups in total. The topological polar surface area (TPSA) is 71.3 Å². The van der Waals surface area contributed by atoms with E-state index in [1.807, 2.05) is 0 Å². The van der Waals surface area contributed by atoms with Gasteiger partial charge in [-0.25, -0.2) is 21.9 Å². The van der Waals surface area contributed by atoms with Crippen molar-refractivity contribution in [2.45, 2.75) is 11.6 Å². The molecule has 0 bridgehead atoms. The third-order valence-corrected chi connectivity index (χ3v) is 3.84. The normalized spacial score (nSPS) is 11.6. The summed E-state index contributed by atoms with van der Waals surface area (Å²) >= 11 is 0. The van der Waals surface area contributed by atoms with Crippen molar-refractivity contribution in [1.29, 1.82) is 0 Å². The van der Waals surface area contributed by atoms with Crippen molar-refractivity contribution in [2.24, 2.45) is 0 Å². The number of halogens is 2. The van der Waals surface area contributed by atoms with Crippen LogP contribution < -0.4 is 10.0 Å². The van der Waals surface area contributed by atoms with Crippen molar-refractivity contribution in [2.75, 3.05) is 12.4 Å². The standard InChI is InChI=1S/C12H12F2N2O3S/c1-15-20(17,18)12-5-3-9(19-12)7-16-11-6-8(13)2-4-10(11)14/h2-6,15-16H,7H2,1H3. The first kappa shape index (κ1) is 14.5. The van der Waals surface area contributed by atoms with Gasteiger partial charge in [0.15, 0.2) is 0 Å². The maximum absolute atomic E-state index is 13.4. The lowest BCUT2D eigenvalue weighted by Crippen LogP contribution is -2.17. The molecule has 2 aromatic rings. The van der Waals surface area contributed by atoms with Crippen LogP contribution in [0.2, 0.25) is 0 Å². The number of sulfonamides is 1. The largest absolute Gasteiger partial charge is 0.446 e. The van der Waals surface area contributed by atoms with Crippen molar-refractivity contribution in [1.82, 2.24) is 4.72 Å². The van der Waals surface area contributed by atoms with Crippen LogP contribution in [-0.4, -0.2) is 15.5 Å². The lowest BCUT2D eigenvalue weighted by Gasteiger charge is -2.05. The Morgan fingerprint density at radius 1 is 1.20 bits per heavy atom. The minimum atomic E-state index is -3.65. The molecular weight excluding hydrogens is 290 g/mol. The molecule has 0 fully saturated rings. The van der Waals surface area contributed by atoms with E-state index in [1.165, 1.54) is 19.2 Å². The number of furan rings is 1. The Hall–Kier alpha value is -1.93. The van der Waals surface area contributed by atoms with Crippen LogP contribution in [0.15, 0.2) is 39.8 Å². The van der Waals surface area contributed by atoms with Crippen LogP contribution in [0.1, 0.15) is 5.76 Å². The van der Waals surface area contributed by atoms with Gasteiger partial charge in [0.25, 0.3) is 10.0 Å². The molecule has 1 heterocycles. The number of nitrogens with one attached hydrogen (secondary N) is 2. The summed E-state index contributed by atoms with van der Waals surface area (Å²) < 4.78 is 56.4. The molecule has 0 spiro atoms. The maximum atomic E-state index is 13.4. The summed E-state index contributed by atoms with van der Waals surface area (Å²) in [6.45, 7) is 0.0274. The first-order valence-electron chi connectivity index (χ1n) is 5.63. The van der Waals surface area contributed by atoms with Crippen LogP contribution in [0.5, 0.6) is 0 Å². The zero-order chi connectivity index (χ0) is 14.8. The van der Waals surface area contributed by atoms with Gasteiger partial charge in [-0.15, -0.1) is 0 Å². The second-order valence-electron chi connectivity index (χ2n) is 3.91. The Bertz CT molecular complexity index is 713. The van der Waals surface area contributed by atoms with Crippen LogP contribution in [0.3, 0.4) is 0 Å². The molecule has 0 radical (unpaired) electrons. The third-order valence-electron chi connectivity index (χ3n) is 2.55. The highest BCUT2D eigenvalue weighted by Crippen LogP contribution is 2.18. The van der Waals surface area contributed by atoms with E-state index in [0.29, 0.717) is 0 Å². The van der Waals surface area contributed by atoms with Gasteiger partial charge in [0.2, 0.25) is 5.09 Å². The van der Waals surface area contributed by atoms with Crippen molar-refractivity contribution in [3.63, 3.8) is 0 Å². The zero-order valence-corrected chi connectivity index (χ0v) is 11.3. The molecule has 0 unspecified atom stereocenters. The molecule has 0 aliphatic rings. The Balaban J connectivity index is 2.10. The molecule has 1 aromatic carbocycles. The van der Waals surface area contributed by atoms with E-state index >= 15 is 0 Å². The average molecular weight is 302 g/mol. The fourth-order valence-corrected chi connectivity index (χ4v) is 2.18. The summed E-state index contributed by atoms with van der Waals surface area (Å²) in [4.78, 5) is 0. The van der Waals surface area contributed by atoms with Crippen molar-refractivity contribution in [3.05, 3.63) is 47.7 Å². The highest BCUT2D eigenvalue weighted by molar-refractivity contribution is 7.89. The lowest BCUT2D eigenvalue weighted by atomic mass is 10.3.